The van der Waals surface area contributed by atoms with E-state index in [1.807, 2.05) is 18.2 Å². The predicted molar refractivity (Wildman–Crippen MR) is 51.2 cm³/mol. The average molecular weight is 228 g/mol. The molecule has 1 aromatic rings. The van der Waals surface area contributed by atoms with Crippen molar-refractivity contribution < 1.29 is 4.74 Å². The van der Waals surface area contributed by atoms with Gasteiger partial charge in [0.1, 0.15) is 5.75 Å². The fourth-order valence-corrected chi connectivity index (χ4v) is 1.77. The average Bonchev–Trinajstić information content (AvgIpc) is 2.07. The first-order chi connectivity index (χ1) is 5.77. The SMILES string of the molecule is NC1CCOc2ccc(Br)cc21. The summed E-state index contributed by atoms with van der Waals surface area (Å²) < 4.78 is 6.51. The van der Waals surface area contributed by atoms with Gasteiger partial charge < -0.3 is 10.5 Å². The second-order valence-electron chi connectivity index (χ2n) is 2.93. The monoisotopic (exact) mass is 227 g/mol. The standard InChI is InChI=1S/C9H10BrNO/c10-6-1-2-9-7(5-6)8(11)3-4-12-9/h1-2,5,8H,3-4,11H2. The molecule has 1 unspecified atom stereocenters. The molecule has 1 aliphatic heterocycles. The Balaban J connectivity index is 2.47. The van der Waals surface area contributed by atoms with Crippen molar-refractivity contribution in [1.82, 2.24) is 0 Å². The molecule has 0 amide bonds. The third kappa shape index (κ3) is 1.34. The number of hydrogen-bond donors (Lipinski definition) is 1. The maximum Gasteiger partial charge on any atom is 0.124 e. The summed E-state index contributed by atoms with van der Waals surface area (Å²) in [6, 6.07) is 6.08. The summed E-state index contributed by atoms with van der Waals surface area (Å²) >= 11 is 3.41. The lowest BCUT2D eigenvalue weighted by atomic mass is 10.0. The molecule has 3 heteroatoms. The van der Waals surface area contributed by atoms with Crippen molar-refractivity contribution in [1.29, 1.82) is 0 Å². The van der Waals surface area contributed by atoms with Crippen LogP contribution in [0.5, 0.6) is 5.75 Å². The maximum absolute atomic E-state index is 5.91. The van der Waals surface area contributed by atoms with Gasteiger partial charge in [0.25, 0.3) is 0 Å². The Hall–Kier alpha value is -0.540. The molecule has 1 atom stereocenters. The highest BCUT2D eigenvalue weighted by atomic mass is 79.9. The number of rotatable bonds is 0. The predicted octanol–water partition coefficient (Wildman–Crippen LogP) is 2.23. The summed E-state index contributed by atoms with van der Waals surface area (Å²) in [4.78, 5) is 0. The van der Waals surface area contributed by atoms with Crippen LogP contribution in [0.15, 0.2) is 22.7 Å². The van der Waals surface area contributed by atoms with E-state index >= 15 is 0 Å². The van der Waals surface area contributed by atoms with Crippen LogP contribution in [0, 0.1) is 0 Å². The van der Waals surface area contributed by atoms with Crippen LogP contribution in [0.4, 0.5) is 0 Å². The van der Waals surface area contributed by atoms with Gasteiger partial charge in [-0.2, -0.15) is 0 Å². The van der Waals surface area contributed by atoms with E-state index in [4.69, 9.17) is 10.5 Å². The molecule has 2 nitrogen and oxygen atoms in total. The van der Waals surface area contributed by atoms with E-state index in [2.05, 4.69) is 15.9 Å². The van der Waals surface area contributed by atoms with Crippen molar-refractivity contribution in [2.75, 3.05) is 6.61 Å². The van der Waals surface area contributed by atoms with E-state index in [9.17, 15) is 0 Å². The van der Waals surface area contributed by atoms with Gasteiger partial charge in [-0.05, 0) is 18.2 Å². The molecule has 0 saturated carbocycles. The summed E-state index contributed by atoms with van der Waals surface area (Å²) in [5, 5.41) is 0. The van der Waals surface area contributed by atoms with Crippen molar-refractivity contribution in [3.05, 3.63) is 28.2 Å². The molecule has 2 rings (SSSR count). The molecule has 0 bridgehead atoms. The fraction of sp³-hybridized carbons (Fsp3) is 0.333. The van der Waals surface area contributed by atoms with Crippen LogP contribution in [0.1, 0.15) is 18.0 Å². The lowest BCUT2D eigenvalue weighted by Gasteiger charge is -2.22. The smallest absolute Gasteiger partial charge is 0.124 e. The summed E-state index contributed by atoms with van der Waals surface area (Å²) in [5.41, 5.74) is 7.02. The third-order valence-corrected chi connectivity index (χ3v) is 2.55. The third-order valence-electron chi connectivity index (χ3n) is 2.06. The largest absolute Gasteiger partial charge is 0.493 e. The first-order valence-electron chi connectivity index (χ1n) is 3.95. The molecule has 0 fully saturated rings. The van der Waals surface area contributed by atoms with Gasteiger partial charge in [0.05, 0.1) is 6.61 Å². The van der Waals surface area contributed by atoms with E-state index in [0.717, 1.165) is 28.8 Å². The zero-order valence-corrected chi connectivity index (χ0v) is 8.17. The number of hydrogen-bond acceptors (Lipinski definition) is 2. The van der Waals surface area contributed by atoms with Crippen LogP contribution in [-0.4, -0.2) is 6.61 Å². The zero-order chi connectivity index (χ0) is 8.55. The van der Waals surface area contributed by atoms with Gasteiger partial charge in [-0.1, -0.05) is 15.9 Å². The molecular formula is C9H10BrNO. The van der Waals surface area contributed by atoms with Gasteiger partial charge in [0, 0.05) is 22.5 Å². The van der Waals surface area contributed by atoms with Gasteiger partial charge >= 0.3 is 0 Å². The first-order valence-corrected chi connectivity index (χ1v) is 4.74. The van der Waals surface area contributed by atoms with Crippen LogP contribution in [0.3, 0.4) is 0 Å². The second-order valence-corrected chi connectivity index (χ2v) is 3.84. The molecule has 1 aromatic carbocycles. The normalized spacial score (nSPS) is 21.3. The highest BCUT2D eigenvalue weighted by molar-refractivity contribution is 9.10. The lowest BCUT2D eigenvalue weighted by molar-refractivity contribution is 0.269. The van der Waals surface area contributed by atoms with E-state index in [0.29, 0.717) is 0 Å². The zero-order valence-electron chi connectivity index (χ0n) is 6.59. The number of halogens is 1. The van der Waals surface area contributed by atoms with Crippen LogP contribution in [-0.2, 0) is 0 Å². The Bertz CT molecular complexity index is 301. The van der Waals surface area contributed by atoms with Crippen LogP contribution in [0.25, 0.3) is 0 Å². The van der Waals surface area contributed by atoms with E-state index < -0.39 is 0 Å². The Morgan fingerprint density at radius 3 is 3.17 bits per heavy atom. The van der Waals surface area contributed by atoms with Crippen molar-refractivity contribution in [3.63, 3.8) is 0 Å². The molecule has 12 heavy (non-hydrogen) atoms. The van der Waals surface area contributed by atoms with Gasteiger partial charge in [-0.25, -0.2) is 0 Å². The number of ether oxygens (including phenoxy) is 1. The minimum absolute atomic E-state index is 0.131. The second kappa shape index (κ2) is 3.07. The fourth-order valence-electron chi connectivity index (χ4n) is 1.39. The van der Waals surface area contributed by atoms with E-state index in [1.54, 1.807) is 0 Å². The Morgan fingerprint density at radius 1 is 1.50 bits per heavy atom. The van der Waals surface area contributed by atoms with Gasteiger partial charge in [-0.15, -0.1) is 0 Å². The molecule has 0 aliphatic carbocycles. The summed E-state index contributed by atoms with van der Waals surface area (Å²) in [5.74, 6) is 0.928. The molecule has 64 valence electrons. The summed E-state index contributed by atoms with van der Waals surface area (Å²) in [6.45, 7) is 0.732. The minimum atomic E-state index is 0.131. The van der Waals surface area contributed by atoms with Gasteiger partial charge in [0.15, 0.2) is 0 Å². The molecule has 1 heterocycles. The number of benzene rings is 1. The Kier molecular flexibility index (Phi) is 2.07. The summed E-state index contributed by atoms with van der Waals surface area (Å²) in [7, 11) is 0. The number of nitrogens with two attached hydrogens (primary N) is 1. The molecule has 1 aliphatic rings. The molecular weight excluding hydrogens is 218 g/mol. The molecule has 2 N–H and O–H groups in total. The molecule has 0 saturated heterocycles. The molecule has 0 aromatic heterocycles. The van der Waals surface area contributed by atoms with Gasteiger partial charge in [-0.3, -0.25) is 0 Å². The van der Waals surface area contributed by atoms with Crippen LogP contribution < -0.4 is 10.5 Å². The topological polar surface area (TPSA) is 35.2 Å². The van der Waals surface area contributed by atoms with Crippen molar-refractivity contribution in [3.8, 4) is 5.75 Å². The van der Waals surface area contributed by atoms with E-state index in [-0.39, 0.29) is 6.04 Å². The van der Waals surface area contributed by atoms with Crippen LogP contribution >= 0.6 is 15.9 Å². The maximum atomic E-state index is 5.91. The Labute approximate surface area is 79.8 Å². The molecule has 0 radical (unpaired) electrons. The van der Waals surface area contributed by atoms with Crippen LogP contribution in [0.2, 0.25) is 0 Å². The van der Waals surface area contributed by atoms with Gasteiger partial charge in [0.2, 0.25) is 0 Å². The first kappa shape index (κ1) is 8.08. The summed E-state index contributed by atoms with van der Waals surface area (Å²) in [6.07, 6.45) is 0.906. The van der Waals surface area contributed by atoms with Crippen molar-refractivity contribution in [2.45, 2.75) is 12.5 Å². The van der Waals surface area contributed by atoms with Crippen molar-refractivity contribution >= 4 is 15.9 Å². The van der Waals surface area contributed by atoms with Crippen molar-refractivity contribution in [2.24, 2.45) is 5.73 Å². The number of fused-ring (bicyclic) bond motifs is 1. The minimum Gasteiger partial charge on any atom is -0.493 e. The molecule has 0 spiro atoms. The highest BCUT2D eigenvalue weighted by Gasteiger charge is 2.17. The quantitative estimate of drug-likeness (QED) is 0.738. The highest BCUT2D eigenvalue weighted by Crippen LogP contribution is 2.32. The lowest BCUT2D eigenvalue weighted by Crippen LogP contribution is -2.20. The van der Waals surface area contributed by atoms with E-state index in [1.165, 1.54) is 0 Å². The Morgan fingerprint density at radius 2 is 2.33 bits per heavy atom.